The highest BCUT2D eigenvalue weighted by molar-refractivity contribution is 5.93. The number of aryl methyl sites for hydroxylation is 2. The number of ether oxygens (including phenoxy) is 2. The number of nitrogens with one attached hydrogen (secondary N) is 2. The average molecular weight is 398 g/mol. The molecule has 1 aliphatic rings. The molecule has 9 heteroatoms. The first-order valence-corrected chi connectivity index (χ1v) is 9.32. The molecule has 1 aromatic carbocycles. The van der Waals surface area contributed by atoms with Gasteiger partial charge in [-0.25, -0.2) is 9.89 Å². The van der Waals surface area contributed by atoms with Crippen molar-refractivity contribution in [2.45, 2.75) is 46.1 Å². The van der Waals surface area contributed by atoms with E-state index in [0.29, 0.717) is 28.0 Å². The minimum Gasteiger partial charge on any atom is -0.487 e. The predicted molar refractivity (Wildman–Crippen MR) is 105 cm³/mol. The van der Waals surface area contributed by atoms with E-state index in [2.05, 4.69) is 20.5 Å². The molecule has 1 aliphatic heterocycles. The summed E-state index contributed by atoms with van der Waals surface area (Å²) < 4.78 is 17.6. The van der Waals surface area contributed by atoms with Crippen LogP contribution in [0.4, 0.5) is 5.95 Å². The van der Waals surface area contributed by atoms with Gasteiger partial charge in [-0.3, -0.25) is 10.1 Å². The zero-order valence-electron chi connectivity index (χ0n) is 16.7. The minimum atomic E-state index is -0.402. The van der Waals surface area contributed by atoms with E-state index < -0.39 is 5.91 Å². The third kappa shape index (κ3) is 3.55. The van der Waals surface area contributed by atoms with Gasteiger partial charge < -0.3 is 13.9 Å². The van der Waals surface area contributed by atoms with Gasteiger partial charge in [0.25, 0.3) is 5.91 Å². The summed E-state index contributed by atoms with van der Waals surface area (Å²) in [5.74, 6) is 0.858. The lowest BCUT2D eigenvalue weighted by atomic mass is 9.92. The van der Waals surface area contributed by atoms with Crippen LogP contribution in [0.5, 0.6) is 11.5 Å². The Kier molecular flexibility index (Phi) is 4.52. The molecule has 0 unspecified atom stereocenters. The molecule has 3 aromatic rings. The average Bonchev–Trinajstić information content (AvgIpc) is 3.16. The van der Waals surface area contributed by atoms with Crippen LogP contribution in [-0.2, 0) is 11.2 Å². The molecule has 0 atom stereocenters. The van der Waals surface area contributed by atoms with Gasteiger partial charge in [-0.15, -0.1) is 0 Å². The van der Waals surface area contributed by atoms with Crippen molar-refractivity contribution in [3.63, 3.8) is 0 Å². The second-order valence-electron chi connectivity index (χ2n) is 7.73. The van der Waals surface area contributed by atoms with Crippen molar-refractivity contribution in [1.82, 2.24) is 15.2 Å². The zero-order chi connectivity index (χ0) is 20.8. The molecule has 0 radical (unpaired) electrons. The largest absolute Gasteiger partial charge is 0.487 e. The molecule has 0 fully saturated rings. The van der Waals surface area contributed by atoms with Crippen molar-refractivity contribution in [2.24, 2.45) is 0 Å². The zero-order valence-corrected chi connectivity index (χ0v) is 16.7. The summed E-state index contributed by atoms with van der Waals surface area (Å²) in [7, 11) is 0. The molecule has 0 saturated heterocycles. The number of amides is 1. The molecule has 2 N–H and O–H groups in total. The predicted octanol–water partition coefficient (Wildman–Crippen LogP) is 2.65. The summed E-state index contributed by atoms with van der Waals surface area (Å²) in [4.78, 5) is 28.3. The fourth-order valence-electron chi connectivity index (χ4n) is 3.42. The fraction of sp³-hybridized carbons (Fsp3) is 0.400. The van der Waals surface area contributed by atoms with Crippen molar-refractivity contribution < 1.29 is 18.7 Å². The number of aromatic amines is 1. The fourth-order valence-corrected chi connectivity index (χ4v) is 3.42. The quantitative estimate of drug-likeness (QED) is 0.648. The number of hydrogen-bond acceptors (Lipinski definition) is 7. The molecule has 29 heavy (non-hydrogen) atoms. The maximum Gasteiger partial charge on any atom is 0.339 e. The van der Waals surface area contributed by atoms with Crippen LogP contribution in [0.25, 0.3) is 11.0 Å². The highest BCUT2D eigenvalue weighted by atomic mass is 16.5. The van der Waals surface area contributed by atoms with E-state index in [1.807, 2.05) is 20.8 Å². The molecular weight excluding hydrogens is 376 g/mol. The Morgan fingerprint density at radius 3 is 2.86 bits per heavy atom. The summed E-state index contributed by atoms with van der Waals surface area (Å²) in [6, 6.07) is 1.77. The molecule has 1 amide bonds. The lowest BCUT2D eigenvalue weighted by molar-refractivity contribution is -0.118. The summed E-state index contributed by atoms with van der Waals surface area (Å²) in [5, 5.41) is 9.46. The first-order chi connectivity index (χ1) is 13.7. The van der Waals surface area contributed by atoms with E-state index in [0.717, 1.165) is 24.0 Å². The monoisotopic (exact) mass is 398 g/mol. The van der Waals surface area contributed by atoms with E-state index in [1.54, 1.807) is 13.0 Å². The Morgan fingerprint density at radius 2 is 2.14 bits per heavy atom. The van der Waals surface area contributed by atoms with Crippen molar-refractivity contribution in [2.75, 3.05) is 11.9 Å². The van der Waals surface area contributed by atoms with Gasteiger partial charge in [0.1, 0.15) is 29.0 Å². The van der Waals surface area contributed by atoms with Gasteiger partial charge in [-0.2, -0.15) is 10.1 Å². The molecule has 0 bridgehead atoms. The Bertz CT molecular complexity index is 1150. The summed E-state index contributed by atoms with van der Waals surface area (Å²) in [6.07, 6.45) is 2.81. The van der Waals surface area contributed by atoms with Crippen LogP contribution in [0.3, 0.4) is 0 Å². The second-order valence-corrected chi connectivity index (χ2v) is 7.73. The number of fused-ring (bicyclic) bond motifs is 3. The minimum absolute atomic E-state index is 0.233. The maximum atomic E-state index is 12.3. The van der Waals surface area contributed by atoms with Gasteiger partial charge in [-0.1, -0.05) is 0 Å². The van der Waals surface area contributed by atoms with Crippen LogP contribution in [0.2, 0.25) is 0 Å². The Hall–Kier alpha value is -3.36. The van der Waals surface area contributed by atoms with Gasteiger partial charge >= 0.3 is 5.63 Å². The van der Waals surface area contributed by atoms with E-state index in [1.165, 1.54) is 6.33 Å². The van der Waals surface area contributed by atoms with Crippen molar-refractivity contribution in [3.05, 3.63) is 39.5 Å². The number of hydrogen-bond donors (Lipinski definition) is 2. The standard InChI is InChI=1S/C20H22N4O5/c1-10-11(2)18(26)28-17-12-5-6-20(3,4)29-13(12)7-14(16(10)17)27-8-15(25)23-19-21-9-22-24-19/h7,9H,5-6,8H2,1-4H3,(H2,21,22,23,24,25). The number of anilines is 1. The lowest BCUT2D eigenvalue weighted by Gasteiger charge is -2.33. The molecular formula is C20H22N4O5. The highest BCUT2D eigenvalue weighted by Gasteiger charge is 2.31. The number of carbonyl (C=O) groups excluding carboxylic acids is 1. The highest BCUT2D eigenvalue weighted by Crippen LogP contribution is 2.43. The SMILES string of the molecule is Cc1c(C)c2c(OCC(=O)Nc3ncn[nH]3)cc3c(c2oc1=O)CCC(C)(C)O3. The van der Waals surface area contributed by atoms with Gasteiger partial charge in [0.2, 0.25) is 5.95 Å². The number of aromatic nitrogens is 3. The summed E-state index contributed by atoms with van der Waals surface area (Å²) >= 11 is 0. The van der Waals surface area contributed by atoms with Gasteiger partial charge in [-0.05, 0) is 46.1 Å². The number of nitrogens with zero attached hydrogens (tertiary/aromatic N) is 2. The molecule has 3 heterocycles. The van der Waals surface area contributed by atoms with Gasteiger partial charge in [0.15, 0.2) is 6.61 Å². The maximum absolute atomic E-state index is 12.3. The third-order valence-corrected chi connectivity index (χ3v) is 5.14. The van der Waals surface area contributed by atoms with E-state index >= 15 is 0 Å². The van der Waals surface area contributed by atoms with Crippen LogP contribution in [0.1, 0.15) is 37.0 Å². The van der Waals surface area contributed by atoms with E-state index in [4.69, 9.17) is 13.9 Å². The van der Waals surface area contributed by atoms with Crippen molar-refractivity contribution in [3.8, 4) is 11.5 Å². The summed E-state index contributed by atoms with van der Waals surface area (Å²) in [5.41, 5.74) is 1.83. The first kappa shape index (κ1) is 19.0. The van der Waals surface area contributed by atoms with E-state index in [9.17, 15) is 9.59 Å². The van der Waals surface area contributed by atoms with Crippen LogP contribution < -0.4 is 20.4 Å². The van der Waals surface area contributed by atoms with Crippen LogP contribution >= 0.6 is 0 Å². The van der Waals surface area contributed by atoms with Crippen molar-refractivity contribution in [1.29, 1.82) is 0 Å². The summed E-state index contributed by atoms with van der Waals surface area (Å²) in [6.45, 7) is 7.30. The smallest absolute Gasteiger partial charge is 0.339 e. The Labute approximate surface area is 166 Å². The molecule has 0 saturated carbocycles. The molecule has 4 rings (SSSR count). The van der Waals surface area contributed by atoms with Gasteiger partial charge in [0.05, 0.1) is 5.39 Å². The number of carbonyl (C=O) groups is 1. The van der Waals surface area contributed by atoms with Crippen molar-refractivity contribution >= 4 is 22.8 Å². The first-order valence-electron chi connectivity index (χ1n) is 9.32. The van der Waals surface area contributed by atoms with Gasteiger partial charge in [0, 0.05) is 17.2 Å². The van der Waals surface area contributed by atoms with Crippen LogP contribution in [0, 0.1) is 13.8 Å². The number of benzene rings is 1. The Morgan fingerprint density at radius 1 is 1.34 bits per heavy atom. The molecule has 2 aromatic heterocycles. The normalized spacial score (nSPS) is 14.9. The molecule has 0 aliphatic carbocycles. The van der Waals surface area contributed by atoms with Crippen LogP contribution in [-0.4, -0.2) is 33.3 Å². The lowest BCUT2D eigenvalue weighted by Crippen LogP contribution is -2.32. The van der Waals surface area contributed by atoms with E-state index in [-0.39, 0.29) is 23.8 Å². The molecule has 0 spiro atoms. The topological polar surface area (TPSA) is 119 Å². The van der Waals surface area contributed by atoms with Crippen LogP contribution in [0.15, 0.2) is 21.6 Å². The molecule has 152 valence electrons. The number of H-pyrrole nitrogens is 1. The Balaban J connectivity index is 1.75. The molecule has 9 nitrogen and oxygen atoms in total. The third-order valence-electron chi connectivity index (χ3n) is 5.14. The number of rotatable bonds is 4. The second kappa shape index (κ2) is 6.91.